The lowest BCUT2D eigenvalue weighted by Gasteiger charge is -2.43. The van der Waals surface area contributed by atoms with Crippen LogP contribution in [0.3, 0.4) is 0 Å². The molecule has 1 saturated heterocycles. The monoisotopic (exact) mass is 464 g/mol. The van der Waals surface area contributed by atoms with Crippen molar-refractivity contribution in [1.29, 1.82) is 0 Å². The van der Waals surface area contributed by atoms with Crippen molar-refractivity contribution < 1.29 is 23.1 Å². The lowest BCUT2D eigenvalue weighted by Crippen LogP contribution is -2.49. The van der Waals surface area contributed by atoms with Crippen LogP contribution in [0.2, 0.25) is 0 Å². The molecule has 1 aliphatic rings. The summed E-state index contributed by atoms with van der Waals surface area (Å²) in [4.78, 5) is 26.2. The maximum Gasteiger partial charge on any atom is 0.411 e. The van der Waals surface area contributed by atoms with E-state index in [9.17, 15) is 18.4 Å². The van der Waals surface area contributed by atoms with Crippen LogP contribution in [0.25, 0.3) is 11.1 Å². The third-order valence-corrected chi connectivity index (χ3v) is 6.45. The molecule has 0 aliphatic carbocycles. The van der Waals surface area contributed by atoms with Gasteiger partial charge in [0, 0.05) is 37.4 Å². The molecule has 0 radical (unpaired) electrons. The van der Waals surface area contributed by atoms with Crippen LogP contribution in [0.5, 0.6) is 0 Å². The zero-order chi connectivity index (χ0) is 24.3. The normalized spacial score (nSPS) is 18.9. The van der Waals surface area contributed by atoms with E-state index >= 15 is 0 Å². The van der Waals surface area contributed by atoms with Crippen LogP contribution < -0.4 is 5.73 Å². The van der Waals surface area contributed by atoms with Gasteiger partial charge < -0.3 is 15.4 Å². The molecular formula is C27H26F2N2O3. The summed E-state index contributed by atoms with van der Waals surface area (Å²) in [5.74, 6) is -1.70. The smallest absolute Gasteiger partial charge is 0.411 e. The Kier molecular flexibility index (Phi) is 6.63. The highest BCUT2D eigenvalue weighted by Gasteiger charge is 2.43. The molecule has 34 heavy (non-hydrogen) atoms. The minimum atomic E-state index is -0.909. The summed E-state index contributed by atoms with van der Waals surface area (Å²) in [6, 6.07) is 19.7. The molecule has 2 amide bonds. The predicted octanol–water partition coefficient (Wildman–Crippen LogP) is 5.70. The number of carbonyl (C=O) groups excluding carboxylic acids is 2. The van der Waals surface area contributed by atoms with E-state index in [0.717, 1.165) is 17.2 Å². The van der Waals surface area contributed by atoms with Gasteiger partial charge >= 0.3 is 6.09 Å². The number of cyclic esters (lactones) is 1. The van der Waals surface area contributed by atoms with Crippen LogP contribution in [0.4, 0.5) is 13.6 Å². The molecule has 0 aromatic heterocycles. The Hall–Kier alpha value is -3.74. The molecular weight excluding hydrogens is 438 g/mol. The van der Waals surface area contributed by atoms with Crippen molar-refractivity contribution in [3.8, 4) is 11.1 Å². The van der Waals surface area contributed by atoms with E-state index in [1.165, 1.54) is 12.1 Å². The van der Waals surface area contributed by atoms with E-state index in [1.54, 1.807) is 17.0 Å². The molecule has 1 heterocycles. The zero-order valence-corrected chi connectivity index (χ0v) is 18.8. The van der Waals surface area contributed by atoms with Crippen molar-refractivity contribution >= 4 is 12.0 Å². The van der Waals surface area contributed by atoms with E-state index in [2.05, 4.69) is 0 Å². The Morgan fingerprint density at radius 2 is 1.79 bits per heavy atom. The number of primary amides is 1. The van der Waals surface area contributed by atoms with Crippen molar-refractivity contribution in [1.82, 2.24) is 4.90 Å². The van der Waals surface area contributed by atoms with Gasteiger partial charge in [0.15, 0.2) is 0 Å². The average molecular weight is 465 g/mol. The van der Waals surface area contributed by atoms with Gasteiger partial charge in [-0.25, -0.2) is 13.6 Å². The van der Waals surface area contributed by atoms with Gasteiger partial charge in [-0.2, -0.15) is 0 Å². The topological polar surface area (TPSA) is 72.6 Å². The van der Waals surface area contributed by atoms with Gasteiger partial charge in [-0.05, 0) is 35.7 Å². The van der Waals surface area contributed by atoms with Gasteiger partial charge in [0.1, 0.15) is 17.2 Å². The number of hydrogen-bond donors (Lipinski definition) is 1. The first-order valence-corrected chi connectivity index (χ1v) is 11.2. The number of rotatable bonds is 7. The molecule has 3 aromatic carbocycles. The first-order valence-electron chi connectivity index (χ1n) is 11.2. The zero-order valence-electron chi connectivity index (χ0n) is 18.8. The first-order chi connectivity index (χ1) is 16.3. The van der Waals surface area contributed by atoms with E-state index < -0.39 is 29.2 Å². The van der Waals surface area contributed by atoms with Crippen molar-refractivity contribution in [3.05, 3.63) is 95.6 Å². The van der Waals surface area contributed by atoms with Crippen LogP contribution in [-0.4, -0.2) is 23.4 Å². The first kappa shape index (κ1) is 23.4. The van der Waals surface area contributed by atoms with Gasteiger partial charge in [0.2, 0.25) is 5.91 Å². The molecule has 0 spiro atoms. The number of carbonyl (C=O) groups is 2. The van der Waals surface area contributed by atoms with E-state index in [4.69, 9.17) is 10.5 Å². The van der Waals surface area contributed by atoms with Crippen LogP contribution in [0.1, 0.15) is 43.4 Å². The van der Waals surface area contributed by atoms with Gasteiger partial charge in [-0.1, -0.05) is 54.6 Å². The van der Waals surface area contributed by atoms with Crippen LogP contribution in [-0.2, 0) is 15.1 Å². The highest BCUT2D eigenvalue weighted by atomic mass is 19.1. The third kappa shape index (κ3) is 4.78. The number of ether oxygens (including phenoxy) is 1. The van der Waals surface area contributed by atoms with Crippen LogP contribution in [0, 0.1) is 11.6 Å². The molecule has 176 valence electrons. The minimum Gasteiger partial charge on any atom is -0.438 e. The molecule has 1 aliphatic heterocycles. The number of benzene rings is 3. The second kappa shape index (κ2) is 9.63. The summed E-state index contributed by atoms with van der Waals surface area (Å²) in [7, 11) is 0. The van der Waals surface area contributed by atoms with Crippen molar-refractivity contribution in [2.75, 3.05) is 6.54 Å². The maximum absolute atomic E-state index is 14.1. The summed E-state index contributed by atoms with van der Waals surface area (Å²) < 4.78 is 33.3. The molecule has 2 N–H and O–H groups in total. The van der Waals surface area contributed by atoms with E-state index in [1.807, 2.05) is 49.4 Å². The van der Waals surface area contributed by atoms with Crippen molar-refractivity contribution in [2.24, 2.45) is 5.73 Å². The summed E-state index contributed by atoms with van der Waals surface area (Å²) >= 11 is 0. The van der Waals surface area contributed by atoms with Crippen molar-refractivity contribution in [3.63, 3.8) is 0 Å². The fourth-order valence-electron chi connectivity index (χ4n) is 4.46. The van der Waals surface area contributed by atoms with Gasteiger partial charge in [-0.3, -0.25) is 4.79 Å². The SMILES string of the molecule is C[C@@H](c1ccc(-c2ccc(F)cc2F)cc1)N1CC[C@@](CCC(N)=O)(c2ccccc2)OC1=O. The minimum absolute atomic E-state index is 0.110. The predicted molar refractivity (Wildman–Crippen MR) is 125 cm³/mol. The highest BCUT2D eigenvalue weighted by Crippen LogP contribution is 2.40. The fourth-order valence-corrected chi connectivity index (χ4v) is 4.46. The van der Waals surface area contributed by atoms with Gasteiger partial charge in [0.05, 0.1) is 6.04 Å². The van der Waals surface area contributed by atoms with Gasteiger partial charge in [-0.15, -0.1) is 0 Å². The number of halogens is 2. The van der Waals surface area contributed by atoms with Crippen molar-refractivity contribution in [2.45, 2.75) is 37.8 Å². The molecule has 3 aromatic rings. The van der Waals surface area contributed by atoms with Crippen LogP contribution >= 0.6 is 0 Å². The maximum atomic E-state index is 14.1. The fraction of sp³-hybridized carbons (Fsp3) is 0.259. The lowest BCUT2D eigenvalue weighted by atomic mass is 9.84. The standard InChI is InChI=1S/C27H26F2N2O3/c1-18(19-7-9-20(10-8-19)23-12-11-22(28)17-24(23)29)31-16-15-27(34-26(31)33,14-13-25(30)32)21-5-3-2-4-6-21/h2-12,17-18H,13-16H2,1H3,(H2,30,32)/t18-,27-/m0/s1. The van der Waals surface area contributed by atoms with Gasteiger partial charge in [0.25, 0.3) is 0 Å². The second-order valence-electron chi connectivity index (χ2n) is 8.56. The summed E-state index contributed by atoms with van der Waals surface area (Å²) in [6.45, 7) is 2.33. The van der Waals surface area contributed by atoms with E-state index in [0.29, 0.717) is 30.5 Å². The lowest BCUT2D eigenvalue weighted by molar-refractivity contribution is -0.121. The number of nitrogens with zero attached hydrogens (tertiary/aromatic N) is 1. The summed E-state index contributed by atoms with van der Waals surface area (Å²) in [5.41, 5.74) is 7.07. The molecule has 2 atom stereocenters. The molecule has 7 heteroatoms. The Balaban J connectivity index is 1.52. The Labute approximate surface area is 197 Å². The van der Waals surface area contributed by atoms with E-state index in [-0.39, 0.29) is 12.5 Å². The third-order valence-electron chi connectivity index (χ3n) is 6.45. The largest absolute Gasteiger partial charge is 0.438 e. The summed E-state index contributed by atoms with van der Waals surface area (Å²) in [6.07, 6.45) is 0.470. The average Bonchev–Trinajstić information content (AvgIpc) is 2.83. The molecule has 0 unspecified atom stereocenters. The number of nitrogens with two attached hydrogens (primary N) is 1. The van der Waals surface area contributed by atoms with Crippen LogP contribution in [0.15, 0.2) is 72.8 Å². The molecule has 1 fully saturated rings. The number of amides is 2. The quantitative estimate of drug-likeness (QED) is 0.488. The molecule has 0 saturated carbocycles. The second-order valence-corrected chi connectivity index (χ2v) is 8.56. The molecule has 5 nitrogen and oxygen atoms in total. The molecule has 4 rings (SSSR count). The highest BCUT2D eigenvalue weighted by molar-refractivity contribution is 5.74. The Morgan fingerprint density at radius 3 is 2.41 bits per heavy atom. The molecule has 0 bridgehead atoms. The number of hydrogen-bond acceptors (Lipinski definition) is 3. The Morgan fingerprint density at radius 1 is 1.09 bits per heavy atom. The summed E-state index contributed by atoms with van der Waals surface area (Å²) in [5, 5.41) is 0. The Bertz CT molecular complexity index is 1180.